The Kier molecular flexibility index (Phi) is 16.8. The van der Waals surface area contributed by atoms with E-state index in [0.29, 0.717) is 19.7 Å². The second kappa shape index (κ2) is 25.3. The Hall–Kier alpha value is -9.34. The lowest BCUT2D eigenvalue weighted by molar-refractivity contribution is 0.306. The van der Waals surface area contributed by atoms with Crippen LogP contribution in [0, 0.1) is 20.8 Å². The van der Waals surface area contributed by atoms with Crippen molar-refractivity contribution >= 4 is 55.9 Å². The fourth-order valence-corrected chi connectivity index (χ4v) is 9.59. The van der Waals surface area contributed by atoms with Gasteiger partial charge >= 0.3 is 0 Å². The van der Waals surface area contributed by atoms with Crippen molar-refractivity contribution in [2.24, 2.45) is 0 Å². The highest BCUT2D eigenvalue weighted by Gasteiger charge is 2.13. The van der Waals surface area contributed by atoms with Crippen molar-refractivity contribution in [2.75, 3.05) is 21.3 Å². The van der Waals surface area contributed by atoms with E-state index in [-0.39, 0.29) is 0 Å². The number of rotatable bonds is 19. The summed E-state index contributed by atoms with van der Waals surface area (Å²) in [5, 5.41) is 16.8. The van der Waals surface area contributed by atoms with Crippen LogP contribution in [0.3, 0.4) is 0 Å². The van der Waals surface area contributed by atoms with E-state index in [9.17, 15) is 0 Å². The predicted molar refractivity (Wildman–Crippen MR) is 319 cm³/mol. The van der Waals surface area contributed by atoms with Crippen LogP contribution in [0.25, 0.3) is 21.8 Å². The molecule has 0 atom stereocenters. The molecule has 9 nitrogen and oxygen atoms in total. The summed E-state index contributed by atoms with van der Waals surface area (Å²) in [6.07, 6.45) is 7.36. The van der Waals surface area contributed by atoms with Crippen molar-refractivity contribution in [1.29, 1.82) is 0 Å². The first-order valence-corrected chi connectivity index (χ1v) is 26.5. The summed E-state index contributed by atoms with van der Waals surface area (Å²) in [5.74, 6) is 0.822. The van der Waals surface area contributed by atoms with Crippen LogP contribution < -0.4 is 26.0 Å². The minimum Gasteiger partial charge on any atom is -0.489 e. The van der Waals surface area contributed by atoms with Crippen molar-refractivity contribution in [3.63, 3.8) is 0 Å². The van der Waals surface area contributed by atoms with Gasteiger partial charge in [-0.25, -0.2) is 0 Å². The quantitative estimate of drug-likeness (QED) is 0.0630. The lowest BCUT2D eigenvalue weighted by Crippen LogP contribution is -2.05. The van der Waals surface area contributed by atoms with Crippen LogP contribution in [-0.4, -0.2) is 19.9 Å². The number of hydrogen-bond acceptors (Lipinski definition) is 9. The highest BCUT2D eigenvalue weighted by molar-refractivity contribution is 5.95. The lowest BCUT2D eigenvalue weighted by atomic mass is 10.0. The zero-order valence-electron chi connectivity index (χ0n) is 44.0. The number of pyridine rings is 4. The fourth-order valence-electron chi connectivity index (χ4n) is 9.59. The molecule has 11 rings (SSSR count). The number of anilines is 6. The third kappa shape index (κ3) is 13.9. The molecule has 4 heterocycles. The Morgan fingerprint density at radius 2 is 0.805 bits per heavy atom. The third-order valence-corrected chi connectivity index (χ3v) is 13.6. The number of benzene rings is 7. The van der Waals surface area contributed by atoms with Crippen molar-refractivity contribution in [1.82, 2.24) is 19.9 Å². The summed E-state index contributed by atoms with van der Waals surface area (Å²) in [5.41, 5.74) is 20.2. The van der Waals surface area contributed by atoms with Gasteiger partial charge in [0.15, 0.2) is 0 Å². The Morgan fingerprint density at radius 1 is 0.377 bits per heavy atom. The molecule has 0 radical (unpaired) electrons. The molecule has 0 unspecified atom stereocenters. The molecule has 0 saturated heterocycles. The van der Waals surface area contributed by atoms with Crippen molar-refractivity contribution in [3.05, 3.63) is 281 Å². The van der Waals surface area contributed by atoms with Gasteiger partial charge < -0.3 is 26.0 Å². The van der Waals surface area contributed by atoms with Gasteiger partial charge in [-0.15, -0.1) is 0 Å². The Bertz CT molecular complexity index is 3700. The SMILES string of the molecule is Cc1cc(Nc2ccccc2CCc2ccccc2NCc2ccccn2)c2cc(OCc3ccccc3)ccc2n1.Cc1ccc2nc(C)cc(Nc3ccccc3CCc3ccccc3NCc3ccccn3)c2c1. The molecule has 382 valence electrons. The minimum atomic E-state index is 0.523. The first-order valence-electron chi connectivity index (χ1n) is 26.5. The molecular formula is C68H64N8O. The van der Waals surface area contributed by atoms with Gasteiger partial charge in [-0.2, -0.15) is 0 Å². The van der Waals surface area contributed by atoms with Gasteiger partial charge in [0, 0.05) is 68.7 Å². The molecule has 0 aliphatic carbocycles. The van der Waals surface area contributed by atoms with Crippen LogP contribution in [0.15, 0.2) is 225 Å². The van der Waals surface area contributed by atoms with Gasteiger partial charge in [0.05, 0.1) is 35.5 Å². The maximum absolute atomic E-state index is 6.14. The molecule has 4 N–H and O–H groups in total. The first kappa shape index (κ1) is 51.2. The molecule has 0 spiro atoms. The monoisotopic (exact) mass is 1010 g/mol. The van der Waals surface area contributed by atoms with E-state index >= 15 is 0 Å². The zero-order chi connectivity index (χ0) is 52.6. The number of ether oxygens (including phenoxy) is 1. The molecule has 11 aromatic rings. The van der Waals surface area contributed by atoms with E-state index in [1.165, 1.54) is 27.8 Å². The summed E-state index contributed by atoms with van der Waals surface area (Å²) in [4.78, 5) is 18.4. The fraction of sp³-hybridized carbons (Fsp3) is 0.147. The highest BCUT2D eigenvalue weighted by atomic mass is 16.5. The Labute approximate surface area is 452 Å². The molecule has 0 aliphatic rings. The third-order valence-electron chi connectivity index (χ3n) is 13.6. The largest absolute Gasteiger partial charge is 0.489 e. The topological polar surface area (TPSA) is 109 Å². The van der Waals surface area contributed by atoms with E-state index < -0.39 is 0 Å². The molecular weight excluding hydrogens is 945 g/mol. The number of aryl methyl sites for hydroxylation is 7. The molecule has 9 heteroatoms. The van der Waals surface area contributed by atoms with Crippen molar-refractivity contribution < 1.29 is 4.74 Å². The lowest BCUT2D eigenvalue weighted by Gasteiger charge is -2.16. The van der Waals surface area contributed by atoms with E-state index in [0.717, 1.165) is 116 Å². The molecule has 77 heavy (non-hydrogen) atoms. The van der Waals surface area contributed by atoms with Crippen LogP contribution in [-0.2, 0) is 45.4 Å². The molecule has 0 aliphatic heterocycles. The summed E-state index contributed by atoms with van der Waals surface area (Å²) in [6.45, 7) is 8.13. The molecule has 0 saturated carbocycles. The smallest absolute Gasteiger partial charge is 0.120 e. The first-order chi connectivity index (χ1) is 37.9. The second-order valence-corrected chi connectivity index (χ2v) is 19.3. The van der Waals surface area contributed by atoms with Crippen LogP contribution in [0.2, 0.25) is 0 Å². The van der Waals surface area contributed by atoms with Gasteiger partial charge in [-0.3, -0.25) is 19.9 Å². The van der Waals surface area contributed by atoms with Gasteiger partial charge in [0.1, 0.15) is 12.4 Å². The van der Waals surface area contributed by atoms with E-state index in [4.69, 9.17) is 14.7 Å². The molecule has 4 aromatic heterocycles. The number of fused-ring (bicyclic) bond motifs is 2. The Morgan fingerprint density at radius 3 is 1.30 bits per heavy atom. The van der Waals surface area contributed by atoms with Crippen LogP contribution in [0.5, 0.6) is 5.75 Å². The summed E-state index contributed by atoms with van der Waals surface area (Å²) < 4.78 is 6.14. The van der Waals surface area contributed by atoms with E-state index in [2.05, 4.69) is 184 Å². The number of aromatic nitrogens is 4. The van der Waals surface area contributed by atoms with Gasteiger partial charge in [0.25, 0.3) is 0 Å². The number of nitrogens with one attached hydrogen (secondary N) is 4. The highest BCUT2D eigenvalue weighted by Crippen LogP contribution is 2.33. The average molecular weight is 1010 g/mol. The summed E-state index contributed by atoms with van der Waals surface area (Å²) in [6, 6.07) is 73.2. The Balaban J connectivity index is 0.000000178. The van der Waals surface area contributed by atoms with E-state index in [1.54, 1.807) is 0 Å². The predicted octanol–water partition coefficient (Wildman–Crippen LogP) is 16.0. The van der Waals surface area contributed by atoms with Crippen molar-refractivity contribution in [2.45, 2.75) is 66.2 Å². The summed E-state index contributed by atoms with van der Waals surface area (Å²) in [7, 11) is 0. The standard InChI is InChI=1S/C37H34N4O.C31H30N4/c1-27-23-37(33-24-32(20-21-36(33)40-27)42-26-28-11-3-2-4-12-28)41-35-17-8-6-14-30(35)19-18-29-13-5-7-16-34(29)39-25-31-15-9-10-22-38-31;1-22-14-17-30-27(19-22)31(20-23(2)34-30)35-29-13-6-4-10-25(29)16-15-24-9-3-5-12-28(24)33-21-26-11-7-8-18-32-26/h2-17,20-24,39H,18-19,25-26H2,1H3,(H,40,41);3-14,17-20,33H,15-16,21H2,1-2H3,(H,34,35). The number of para-hydroxylation sites is 4. The average Bonchev–Trinajstić information content (AvgIpc) is 3.48. The van der Waals surface area contributed by atoms with Gasteiger partial charge in [-0.1, -0.05) is 127 Å². The minimum absolute atomic E-state index is 0.523. The molecule has 0 amide bonds. The van der Waals surface area contributed by atoms with Crippen LogP contribution in [0.4, 0.5) is 34.1 Å². The maximum atomic E-state index is 6.14. The molecule has 0 bridgehead atoms. The van der Waals surface area contributed by atoms with Crippen LogP contribution >= 0.6 is 0 Å². The number of nitrogens with zero attached hydrogens (tertiary/aromatic N) is 4. The zero-order valence-corrected chi connectivity index (χ0v) is 44.0. The van der Waals surface area contributed by atoms with Gasteiger partial charge in [-0.05, 0) is 165 Å². The maximum Gasteiger partial charge on any atom is 0.120 e. The van der Waals surface area contributed by atoms with Crippen LogP contribution in [0.1, 0.15) is 56.2 Å². The molecule has 7 aromatic carbocycles. The van der Waals surface area contributed by atoms with Crippen molar-refractivity contribution in [3.8, 4) is 5.75 Å². The molecule has 0 fully saturated rings. The van der Waals surface area contributed by atoms with E-state index in [1.807, 2.05) is 93.0 Å². The second-order valence-electron chi connectivity index (χ2n) is 19.3. The van der Waals surface area contributed by atoms with Gasteiger partial charge in [0.2, 0.25) is 0 Å². The normalized spacial score (nSPS) is 10.9. The summed E-state index contributed by atoms with van der Waals surface area (Å²) >= 11 is 0. The number of hydrogen-bond donors (Lipinski definition) is 4.